The number of nitrogens with two attached hydrogens (primary N) is 1. The molecule has 0 saturated heterocycles. The molecule has 0 aromatic carbocycles. The highest BCUT2D eigenvalue weighted by atomic mass is 32.2. The van der Waals surface area contributed by atoms with Crippen molar-refractivity contribution in [3.8, 4) is 0 Å². The van der Waals surface area contributed by atoms with E-state index in [9.17, 15) is 9.59 Å². The van der Waals surface area contributed by atoms with Crippen LogP contribution < -0.4 is 11.1 Å². The minimum absolute atomic E-state index is 0.0373. The van der Waals surface area contributed by atoms with Crippen LogP contribution in [0.15, 0.2) is 5.16 Å². The molecule has 1 aromatic heterocycles. The van der Waals surface area contributed by atoms with E-state index in [1.54, 1.807) is 0 Å². The zero-order valence-corrected chi connectivity index (χ0v) is 14.7. The van der Waals surface area contributed by atoms with Crippen molar-refractivity contribution in [1.29, 1.82) is 0 Å². The summed E-state index contributed by atoms with van der Waals surface area (Å²) >= 11 is 1.41. The molecule has 0 bridgehead atoms. The molecule has 128 valence electrons. The Labute approximate surface area is 140 Å². The average molecular weight is 339 g/mol. The normalized spacial score (nSPS) is 15.7. The third kappa shape index (κ3) is 5.53. The quantitative estimate of drug-likeness (QED) is 0.656. The van der Waals surface area contributed by atoms with Crippen LogP contribution in [0, 0.1) is 5.92 Å². The molecule has 23 heavy (non-hydrogen) atoms. The van der Waals surface area contributed by atoms with Crippen molar-refractivity contribution in [1.82, 2.24) is 20.1 Å². The summed E-state index contributed by atoms with van der Waals surface area (Å²) in [5, 5.41) is 11.9. The number of aryl methyl sites for hydroxylation is 1. The highest BCUT2D eigenvalue weighted by Gasteiger charge is 2.27. The van der Waals surface area contributed by atoms with Crippen LogP contribution >= 0.6 is 11.8 Å². The SMILES string of the molecule is CC(C)Cn1c(CCC(N)=O)nnc1SC(C)C(=O)NC1CC1. The molecular weight excluding hydrogens is 314 g/mol. The molecule has 2 rings (SSSR count). The Morgan fingerprint density at radius 1 is 1.35 bits per heavy atom. The van der Waals surface area contributed by atoms with Gasteiger partial charge in [0.05, 0.1) is 5.25 Å². The van der Waals surface area contributed by atoms with Gasteiger partial charge in [0.25, 0.3) is 0 Å². The van der Waals surface area contributed by atoms with Gasteiger partial charge in [-0.1, -0.05) is 25.6 Å². The molecule has 0 spiro atoms. The predicted octanol–water partition coefficient (Wildman–Crippen LogP) is 1.11. The number of nitrogens with one attached hydrogen (secondary N) is 1. The summed E-state index contributed by atoms with van der Waals surface area (Å²) in [7, 11) is 0. The molecule has 1 atom stereocenters. The van der Waals surface area contributed by atoms with Crippen molar-refractivity contribution in [2.24, 2.45) is 11.7 Å². The molecule has 1 unspecified atom stereocenters. The van der Waals surface area contributed by atoms with E-state index in [0.717, 1.165) is 30.4 Å². The van der Waals surface area contributed by atoms with Crippen LogP contribution in [0.5, 0.6) is 0 Å². The summed E-state index contributed by atoms with van der Waals surface area (Å²) in [4.78, 5) is 23.1. The van der Waals surface area contributed by atoms with E-state index >= 15 is 0 Å². The summed E-state index contributed by atoms with van der Waals surface area (Å²) < 4.78 is 2.00. The van der Waals surface area contributed by atoms with Gasteiger partial charge in [0.1, 0.15) is 5.82 Å². The van der Waals surface area contributed by atoms with Crippen LogP contribution in [0.3, 0.4) is 0 Å². The first-order valence-corrected chi connectivity index (χ1v) is 8.92. The maximum absolute atomic E-state index is 12.1. The number of carbonyl (C=O) groups excluding carboxylic acids is 2. The lowest BCUT2D eigenvalue weighted by atomic mass is 10.2. The fourth-order valence-electron chi connectivity index (χ4n) is 2.13. The maximum Gasteiger partial charge on any atom is 0.233 e. The lowest BCUT2D eigenvalue weighted by molar-refractivity contribution is -0.120. The zero-order chi connectivity index (χ0) is 17.0. The monoisotopic (exact) mass is 339 g/mol. The molecular formula is C15H25N5O2S. The third-order valence-electron chi connectivity index (χ3n) is 3.51. The Morgan fingerprint density at radius 2 is 2.04 bits per heavy atom. The molecule has 0 aliphatic heterocycles. The van der Waals surface area contributed by atoms with Crippen LogP contribution in [0.2, 0.25) is 0 Å². The van der Waals surface area contributed by atoms with Crippen molar-refractivity contribution in [2.45, 2.75) is 69.4 Å². The Balaban J connectivity index is 2.06. The number of amides is 2. The van der Waals surface area contributed by atoms with Gasteiger partial charge < -0.3 is 15.6 Å². The minimum atomic E-state index is -0.351. The molecule has 1 fully saturated rings. The van der Waals surface area contributed by atoms with Gasteiger partial charge in [-0.2, -0.15) is 0 Å². The molecule has 8 heteroatoms. The number of aromatic nitrogens is 3. The lowest BCUT2D eigenvalue weighted by Crippen LogP contribution is -2.32. The van der Waals surface area contributed by atoms with Crippen LogP contribution in [0.25, 0.3) is 0 Å². The van der Waals surface area contributed by atoms with Gasteiger partial charge in [0.15, 0.2) is 5.16 Å². The van der Waals surface area contributed by atoms with Crippen LogP contribution in [-0.4, -0.2) is 37.9 Å². The zero-order valence-electron chi connectivity index (χ0n) is 13.9. The van der Waals surface area contributed by atoms with Gasteiger partial charge in [0, 0.05) is 25.4 Å². The predicted molar refractivity (Wildman–Crippen MR) is 88.9 cm³/mol. The fourth-order valence-corrected chi connectivity index (χ4v) is 3.02. The number of hydrogen-bond acceptors (Lipinski definition) is 5. The van der Waals surface area contributed by atoms with Crippen LogP contribution in [0.4, 0.5) is 0 Å². The van der Waals surface area contributed by atoms with Gasteiger partial charge in [-0.15, -0.1) is 10.2 Å². The van der Waals surface area contributed by atoms with E-state index in [0.29, 0.717) is 18.4 Å². The fraction of sp³-hybridized carbons (Fsp3) is 0.733. The summed E-state index contributed by atoms with van der Waals surface area (Å²) in [5.41, 5.74) is 5.22. The minimum Gasteiger partial charge on any atom is -0.370 e. The Bertz CT molecular complexity index is 568. The van der Waals surface area contributed by atoms with Gasteiger partial charge in [-0.3, -0.25) is 9.59 Å². The number of hydrogen-bond donors (Lipinski definition) is 2. The molecule has 1 aliphatic rings. The van der Waals surface area contributed by atoms with E-state index in [2.05, 4.69) is 29.4 Å². The smallest absolute Gasteiger partial charge is 0.233 e. The standard InChI is InChI=1S/C15H25N5O2S/c1-9(2)8-20-13(7-6-12(16)21)18-19-15(20)23-10(3)14(22)17-11-4-5-11/h9-11H,4-8H2,1-3H3,(H2,16,21)(H,17,22). The Hall–Kier alpha value is -1.57. The average Bonchev–Trinajstić information content (AvgIpc) is 3.20. The van der Waals surface area contributed by atoms with Crippen molar-refractivity contribution in [3.05, 3.63) is 5.82 Å². The van der Waals surface area contributed by atoms with Crippen molar-refractivity contribution < 1.29 is 9.59 Å². The van der Waals surface area contributed by atoms with E-state index < -0.39 is 0 Å². The van der Waals surface area contributed by atoms with Gasteiger partial charge >= 0.3 is 0 Å². The van der Waals surface area contributed by atoms with Crippen molar-refractivity contribution in [2.75, 3.05) is 0 Å². The van der Waals surface area contributed by atoms with Gasteiger partial charge in [0.2, 0.25) is 11.8 Å². The largest absolute Gasteiger partial charge is 0.370 e. The number of nitrogens with zero attached hydrogens (tertiary/aromatic N) is 3. The second-order valence-corrected chi connectivity index (χ2v) is 7.72. The molecule has 1 heterocycles. The highest BCUT2D eigenvalue weighted by Crippen LogP contribution is 2.25. The Morgan fingerprint density at radius 3 is 2.61 bits per heavy atom. The molecule has 1 aliphatic carbocycles. The molecule has 7 nitrogen and oxygen atoms in total. The van der Waals surface area contributed by atoms with Gasteiger partial charge in [-0.25, -0.2) is 0 Å². The van der Waals surface area contributed by atoms with Crippen molar-refractivity contribution >= 4 is 23.6 Å². The topological polar surface area (TPSA) is 103 Å². The van der Waals surface area contributed by atoms with Gasteiger partial charge in [-0.05, 0) is 25.7 Å². The van der Waals surface area contributed by atoms with E-state index in [-0.39, 0.29) is 23.5 Å². The van der Waals surface area contributed by atoms with Crippen molar-refractivity contribution in [3.63, 3.8) is 0 Å². The van der Waals surface area contributed by atoms with Crippen LogP contribution in [0.1, 0.15) is 45.9 Å². The summed E-state index contributed by atoms with van der Waals surface area (Å²) in [5.74, 6) is 0.842. The summed E-state index contributed by atoms with van der Waals surface area (Å²) in [6.45, 7) is 6.84. The van der Waals surface area contributed by atoms with E-state index in [4.69, 9.17) is 5.73 Å². The molecule has 2 amide bonds. The first-order valence-electron chi connectivity index (χ1n) is 8.04. The summed E-state index contributed by atoms with van der Waals surface area (Å²) in [6, 6.07) is 0.352. The molecule has 1 saturated carbocycles. The molecule has 1 aromatic rings. The third-order valence-corrected chi connectivity index (χ3v) is 4.59. The number of rotatable bonds is 9. The highest BCUT2D eigenvalue weighted by molar-refractivity contribution is 8.00. The molecule has 3 N–H and O–H groups in total. The van der Waals surface area contributed by atoms with E-state index in [1.165, 1.54) is 11.8 Å². The first kappa shape index (κ1) is 17.8. The summed E-state index contributed by atoms with van der Waals surface area (Å²) in [6.07, 6.45) is 2.87. The lowest BCUT2D eigenvalue weighted by Gasteiger charge is -2.15. The number of primary amides is 1. The van der Waals surface area contributed by atoms with Crippen LogP contribution in [-0.2, 0) is 22.6 Å². The Kier molecular flexibility index (Phi) is 6.04. The second-order valence-electron chi connectivity index (χ2n) is 6.41. The van der Waals surface area contributed by atoms with E-state index in [1.807, 2.05) is 11.5 Å². The first-order chi connectivity index (χ1) is 10.9. The number of carbonyl (C=O) groups is 2. The molecule has 0 radical (unpaired) electrons. The number of thioether (sulfide) groups is 1. The second kappa shape index (κ2) is 7.81. The maximum atomic E-state index is 12.1.